The fraction of sp³-hybridized carbons (Fsp3) is 0.167. The Labute approximate surface area is 169 Å². The summed E-state index contributed by atoms with van der Waals surface area (Å²) in [7, 11) is 0. The Morgan fingerprint density at radius 2 is 1.96 bits per heavy atom. The van der Waals surface area contributed by atoms with E-state index in [1.807, 2.05) is 31.2 Å². The molecule has 0 fully saturated rings. The summed E-state index contributed by atoms with van der Waals surface area (Å²) in [6, 6.07) is 12.8. The lowest BCUT2D eigenvalue weighted by Crippen LogP contribution is -1.98. The second kappa shape index (κ2) is 7.72. The first-order chi connectivity index (χ1) is 13.1. The van der Waals surface area contributed by atoms with E-state index in [9.17, 15) is 0 Å². The van der Waals surface area contributed by atoms with E-state index in [0.717, 1.165) is 16.3 Å². The molecule has 4 aromatic rings. The average molecular weight is 421 g/mol. The molecule has 4 rings (SSSR count). The highest BCUT2D eigenvalue weighted by Crippen LogP contribution is 2.29. The third-order valence-corrected chi connectivity index (χ3v) is 5.08. The van der Waals surface area contributed by atoms with Crippen molar-refractivity contribution in [2.24, 2.45) is 0 Å². The summed E-state index contributed by atoms with van der Waals surface area (Å²) in [6.45, 7) is 2.82. The van der Waals surface area contributed by atoms with E-state index in [4.69, 9.17) is 32.7 Å². The number of rotatable bonds is 6. The highest BCUT2D eigenvalue weighted by Gasteiger charge is 2.15. The second-order valence-corrected chi connectivity index (χ2v) is 7.42. The van der Waals surface area contributed by atoms with Gasteiger partial charge in [-0.2, -0.15) is 9.61 Å². The number of aromatic nitrogens is 4. The van der Waals surface area contributed by atoms with Crippen molar-refractivity contribution in [1.82, 2.24) is 19.8 Å². The minimum atomic E-state index is 0.272. The molecule has 0 atom stereocenters. The van der Waals surface area contributed by atoms with Gasteiger partial charge in [-0.15, -0.1) is 10.2 Å². The lowest BCUT2D eigenvalue weighted by Gasteiger charge is -2.06. The van der Waals surface area contributed by atoms with Gasteiger partial charge in [-0.05, 0) is 37.3 Å². The zero-order valence-electron chi connectivity index (χ0n) is 14.2. The highest BCUT2D eigenvalue weighted by atomic mass is 35.5. The summed E-state index contributed by atoms with van der Waals surface area (Å²) in [4.78, 5) is 0.688. The van der Waals surface area contributed by atoms with Gasteiger partial charge in [0.2, 0.25) is 4.96 Å². The molecule has 138 valence electrons. The van der Waals surface area contributed by atoms with Gasteiger partial charge >= 0.3 is 0 Å². The van der Waals surface area contributed by atoms with E-state index in [2.05, 4.69) is 15.3 Å². The largest absolute Gasteiger partial charge is 0.494 e. The molecule has 0 saturated carbocycles. The molecule has 2 heterocycles. The molecule has 0 N–H and O–H groups in total. The number of fused-ring (bicyclic) bond motifs is 1. The van der Waals surface area contributed by atoms with Crippen molar-refractivity contribution in [3.05, 3.63) is 57.5 Å². The van der Waals surface area contributed by atoms with Crippen LogP contribution in [0.15, 0.2) is 42.5 Å². The van der Waals surface area contributed by atoms with Crippen LogP contribution in [0.25, 0.3) is 16.3 Å². The minimum Gasteiger partial charge on any atom is -0.494 e. The average Bonchev–Trinajstić information content (AvgIpc) is 3.22. The molecule has 27 heavy (non-hydrogen) atoms. The summed E-state index contributed by atoms with van der Waals surface area (Å²) in [5, 5.41) is 14.8. The number of hydrogen-bond acceptors (Lipinski definition) is 6. The molecule has 2 aromatic carbocycles. The third-order valence-electron chi connectivity index (χ3n) is 3.68. The predicted octanol–water partition coefficient (Wildman–Crippen LogP) is 5.14. The second-order valence-electron chi connectivity index (χ2n) is 5.54. The van der Waals surface area contributed by atoms with Gasteiger partial charge in [-0.1, -0.05) is 46.7 Å². The fourth-order valence-electron chi connectivity index (χ4n) is 2.52. The molecule has 6 nitrogen and oxygen atoms in total. The lowest BCUT2D eigenvalue weighted by atomic mass is 10.2. The zero-order valence-corrected chi connectivity index (χ0v) is 16.6. The molecular weight excluding hydrogens is 407 g/mol. The number of ether oxygens (including phenoxy) is 2. The monoisotopic (exact) mass is 420 g/mol. The summed E-state index contributed by atoms with van der Waals surface area (Å²) in [5.41, 5.74) is 0.881. The minimum absolute atomic E-state index is 0.272. The van der Waals surface area contributed by atoms with E-state index in [-0.39, 0.29) is 6.61 Å². The van der Waals surface area contributed by atoms with Crippen LogP contribution in [0.3, 0.4) is 0 Å². The van der Waals surface area contributed by atoms with Crippen LogP contribution in [-0.4, -0.2) is 26.4 Å². The van der Waals surface area contributed by atoms with Crippen molar-refractivity contribution in [2.45, 2.75) is 13.5 Å². The van der Waals surface area contributed by atoms with Crippen LogP contribution in [0.1, 0.15) is 11.9 Å². The van der Waals surface area contributed by atoms with E-state index < -0.39 is 0 Å². The predicted molar refractivity (Wildman–Crippen MR) is 106 cm³/mol. The van der Waals surface area contributed by atoms with Crippen LogP contribution in [0.2, 0.25) is 10.0 Å². The molecule has 0 aliphatic rings. The van der Waals surface area contributed by atoms with Gasteiger partial charge in [-0.3, -0.25) is 0 Å². The van der Waals surface area contributed by atoms with Crippen LogP contribution in [0, 0.1) is 0 Å². The quantitative estimate of drug-likeness (QED) is 0.432. The van der Waals surface area contributed by atoms with Crippen molar-refractivity contribution in [2.75, 3.05) is 6.61 Å². The van der Waals surface area contributed by atoms with Crippen molar-refractivity contribution in [3.63, 3.8) is 0 Å². The molecule has 0 spiro atoms. The molecule has 9 heteroatoms. The maximum atomic E-state index is 6.13. The van der Waals surface area contributed by atoms with Crippen LogP contribution in [0.4, 0.5) is 0 Å². The molecule has 0 bridgehead atoms. The van der Waals surface area contributed by atoms with Gasteiger partial charge in [0.1, 0.15) is 18.1 Å². The summed E-state index contributed by atoms with van der Waals surface area (Å²) in [6.07, 6.45) is 0. The lowest BCUT2D eigenvalue weighted by molar-refractivity contribution is 0.304. The van der Waals surface area contributed by atoms with E-state index in [0.29, 0.717) is 33.2 Å². The smallest absolute Gasteiger partial charge is 0.235 e. The van der Waals surface area contributed by atoms with Gasteiger partial charge in [0.15, 0.2) is 10.8 Å². The Hall–Kier alpha value is -2.35. The van der Waals surface area contributed by atoms with Crippen molar-refractivity contribution >= 4 is 39.5 Å². The molecule has 0 amide bonds. The first-order valence-electron chi connectivity index (χ1n) is 8.16. The number of halogens is 2. The van der Waals surface area contributed by atoms with Crippen molar-refractivity contribution < 1.29 is 9.47 Å². The number of nitrogens with zero attached hydrogens (tertiary/aromatic N) is 4. The first-order valence-corrected chi connectivity index (χ1v) is 9.73. The maximum Gasteiger partial charge on any atom is 0.235 e. The SMILES string of the molecule is CCOc1cccc(-c2nnc3sc(COc4ccc(Cl)cc4Cl)nn23)c1. The normalized spacial score (nSPS) is 11.1. The standard InChI is InChI=1S/C18H14Cl2N4O2S/c1-2-25-13-5-3-4-11(8-13)17-21-22-18-24(17)23-16(27-18)10-26-15-7-6-12(19)9-14(15)20/h3-9H,2,10H2,1H3. The van der Waals surface area contributed by atoms with Gasteiger partial charge in [0.05, 0.1) is 11.6 Å². The third kappa shape index (κ3) is 3.85. The summed E-state index contributed by atoms with van der Waals surface area (Å²) < 4.78 is 13.0. The van der Waals surface area contributed by atoms with Crippen LogP contribution in [0.5, 0.6) is 11.5 Å². The molecule has 0 unspecified atom stereocenters. The molecule has 0 aliphatic heterocycles. The number of benzene rings is 2. The fourth-order valence-corrected chi connectivity index (χ4v) is 3.73. The van der Waals surface area contributed by atoms with Gasteiger partial charge < -0.3 is 9.47 Å². The Balaban J connectivity index is 1.58. The topological polar surface area (TPSA) is 61.5 Å². The zero-order chi connectivity index (χ0) is 18.8. The number of hydrogen-bond donors (Lipinski definition) is 0. The Bertz CT molecular complexity index is 1100. The Morgan fingerprint density at radius 3 is 2.78 bits per heavy atom. The molecule has 0 radical (unpaired) electrons. The maximum absolute atomic E-state index is 6.13. The molecule has 0 saturated heterocycles. The van der Waals surface area contributed by atoms with Gasteiger partial charge in [0.25, 0.3) is 0 Å². The van der Waals surface area contributed by atoms with E-state index in [1.54, 1.807) is 22.7 Å². The summed E-state index contributed by atoms with van der Waals surface area (Å²) in [5.74, 6) is 1.98. The van der Waals surface area contributed by atoms with Crippen LogP contribution >= 0.6 is 34.5 Å². The molecule has 2 aromatic heterocycles. The van der Waals surface area contributed by atoms with Crippen molar-refractivity contribution in [1.29, 1.82) is 0 Å². The first kappa shape index (κ1) is 18.0. The molecular formula is C18H14Cl2N4O2S. The van der Waals surface area contributed by atoms with Crippen LogP contribution in [-0.2, 0) is 6.61 Å². The van der Waals surface area contributed by atoms with Gasteiger partial charge in [0, 0.05) is 10.6 Å². The van der Waals surface area contributed by atoms with Crippen LogP contribution < -0.4 is 9.47 Å². The van der Waals surface area contributed by atoms with E-state index >= 15 is 0 Å². The van der Waals surface area contributed by atoms with E-state index in [1.165, 1.54) is 11.3 Å². The van der Waals surface area contributed by atoms with Gasteiger partial charge in [-0.25, -0.2) is 0 Å². The van der Waals surface area contributed by atoms with Crippen molar-refractivity contribution in [3.8, 4) is 22.9 Å². The molecule has 0 aliphatic carbocycles. The Morgan fingerprint density at radius 1 is 1.07 bits per heavy atom. The highest BCUT2D eigenvalue weighted by molar-refractivity contribution is 7.16. The Kier molecular flexibility index (Phi) is 5.15. The summed E-state index contributed by atoms with van der Waals surface area (Å²) >= 11 is 13.4.